The summed E-state index contributed by atoms with van der Waals surface area (Å²) in [4.78, 5) is 30.2. The first-order chi connectivity index (χ1) is 9.27. The quantitative estimate of drug-likeness (QED) is 0.264. The van der Waals surface area contributed by atoms with Crippen molar-refractivity contribution in [2.45, 2.75) is 32.5 Å². The van der Waals surface area contributed by atoms with Gasteiger partial charge >= 0.3 is 17.9 Å². The molecule has 0 rings (SSSR count). The first kappa shape index (κ1) is 20.6. The molecule has 0 aromatic rings. The summed E-state index contributed by atoms with van der Waals surface area (Å²) in [6.45, 7) is 5.91. The topological polar surface area (TPSA) is 153 Å². The van der Waals surface area contributed by atoms with Gasteiger partial charge in [0.2, 0.25) is 0 Å². The third-order valence-corrected chi connectivity index (χ3v) is 1.87. The van der Waals surface area contributed by atoms with Gasteiger partial charge < -0.3 is 30.5 Å². The number of rotatable bonds is 8. The number of hydrogen-bond donors (Lipinski definition) is 5. The third-order valence-electron chi connectivity index (χ3n) is 1.87. The average molecular weight is 295 g/mol. The molecule has 0 heterocycles. The van der Waals surface area contributed by atoms with Crippen LogP contribution < -0.4 is 5.32 Å². The van der Waals surface area contributed by atoms with E-state index in [1.165, 1.54) is 0 Å². The number of carboxylic acid groups (broad SMARTS) is 2. The maximum absolute atomic E-state index is 10.7. The van der Waals surface area contributed by atoms with E-state index < -0.39 is 24.1 Å². The fraction of sp³-hybridized carbons (Fsp3) is 0.727. The molecule has 0 radical (unpaired) electrons. The molecule has 0 spiro atoms. The molecule has 0 aliphatic rings. The van der Waals surface area contributed by atoms with E-state index >= 15 is 0 Å². The van der Waals surface area contributed by atoms with Crippen LogP contribution in [0.1, 0.15) is 20.3 Å². The number of hydrogen-bond acceptors (Lipinski definition) is 7. The maximum atomic E-state index is 10.7. The minimum absolute atomic E-state index is 0.122. The Morgan fingerprint density at radius 1 is 1.05 bits per heavy atom. The van der Waals surface area contributed by atoms with Gasteiger partial charge in [-0.15, -0.1) is 0 Å². The van der Waals surface area contributed by atoms with Crippen molar-refractivity contribution in [3.8, 4) is 0 Å². The zero-order valence-corrected chi connectivity index (χ0v) is 11.4. The number of carbonyl (C=O) groups is 3. The van der Waals surface area contributed by atoms with Gasteiger partial charge in [0.15, 0.2) is 12.2 Å². The molecule has 0 aliphatic heterocycles. The zero-order chi connectivity index (χ0) is 16.1. The van der Waals surface area contributed by atoms with E-state index in [1.54, 1.807) is 0 Å². The van der Waals surface area contributed by atoms with E-state index in [-0.39, 0.29) is 5.97 Å². The van der Waals surface area contributed by atoms with Gasteiger partial charge in [-0.3, -0.25) is 4.79 Å². The van der Waals surface area contributed by atoms with Crippen molar-refractivity contribution in [1.82, 2.24) is 5.32 Å². The standard InChI is InChI=1S/C7H15NO2.C4H6O6/c1-3-8-6-5-7(9)10-4-2;5-1(3(7)8)2(6)4(9)10/h8H,3-6H2,1-2H3;1-2,5-6H,(H,7,8)(H,9,10). The van der Waals surface area contributed by atoms with Crippen LogP contribution in [0.3, 0.4) is 0 Å². The van der Waals surface area contributed by atoms with E-state index in [9.17, 15) is 14.4 Å². The van der Waals surface area contributed by atoms with Gasteiger partial charge in [-0.1, -0.05) is 6.92 Å². The summed E-state index contributed by atoms with van der Waals surface area (Å²) in [6.07, 6.45) is -4.06. The summed E-state index contributed by atoms with van der Waals surface area (Å²) in [5.41, 5.74) is 0. The van der Waals surface area contributed by atoms with Crippen LogP contribution in [0.5, 0.6) is 0 Å². The fourth-order valence-electron chi connectivity index (χ4n) is 0.870. The summed E-state index contributed by atoms with van der Waals surface area (Å²) < 4.78 is 4.71. The SMILES string of the molecule is CCNCCC(=O)OCC.O=C(O)C(O)C(O)C(=O)O. The largest absolute Gasteiger partial charge is 0.479 e. The number of carboxylic acids is 2. The lowest BCUT2D eigenvalue weighted by atomic mass is 10.2. The number of nitrogens with one attached hydrogen (secondary N) is 1. The lowest BCUT2D eigenvalue weighted by Crippen LogP contribution is -2.39. The molecule has 0 fully saturated rings. The van der Waals surface area contributed by atoms with E-state index in [1.807, 2.05) is 13.8 Å². The molecule has 2 atom stereocenters. The predicted molar refractivity (Wildman–Crippen MR) is 67.1 cm³/mol. The normalized spacial score (nSPS) is 12.6. The van der Waals surface area contributed by atoms with Crippen LogP contribution in [0.25, 0.3) is 0 Å². The van der Waals surface area contributed by atoms with E-state index in [2.05, 4.69) is 5.32 Å². The van der Waals surface area contributed by atoms with Gasteiger partial charge in [0, 0.05) is 6.54 Å². The number of aliphatic hydroxyl groups is 2. The van der Waals surface area contributed by atoms with Crippen LogP contribution in [-0.2, 0) is 19.1 Å². The molecule has 0 saturated heterocycles. The van der Waals surface area contributed by atoms with Gasteiger partial charge in [-0.05, 0) is 13.5 Å². The van der Waals surface area contributed by atoms with Gasteiger partial charge in [0.25, 0.3) is 0 Å². The van der Waals surface area contributed by atoms with Crippen LogP contribution in [-0.4, -0.2) is 70.2 Å². The summed E-state index contributed by atoms with van der Waals surface area (Å²) >= 11 is 0. The lowest BCUT2D eigenvalue weighted by molar-refractivity contribution is -0.165. The van der Waals surface area contributed by atoms with E-state index in [4.69, 9.17) is 25.2 Å². The monoisotopic (exact) mass is 295 g/mol. The highest BCUT2D eigenvalue weighted by molar-refractivity contribution is 5.83. The number of ether oxygens (including phenoxy) is 1. The van der Waals surface area contributed by atoms with E-state index in [0.29, 0.717) is 13.0 Å². The fourth-order valence-corrected chi connectivity index (χ4v) is 0.870. The molecule has 9 nitrogen and oxygen atoms in total. The van der Waals surface area contributed by atoms with Gasteiger partial charge in [-0.25, -0.2) is 9.59 Å². The Bertz CT molecular complexity index is 289. The molecule has 9 heteroatoms. The summed E-state index contributed by atoms with van der Waals surface area (Å²) in [5.74, 6) is -3.66. The van der Waals surface area contributed by atoms with Crippen molar-refractivity contribution in [3.05, 3.63) is 0 Å². The van der Waals surface area contributed by atoms with E-state index in [0.717, 1.165) is 13.1 Å². The van der Waals surface area contributed by atoms with Crippen LogP contribution in [0.4, 0.5) is 0 Å². The second kappa shape index (κ2) is 12.3. The molecule has 0 aromatic carbocycles. The molecule has 0 amide bonds. The molecule has 118 valence electrons. The molecular formula is C11H21NO8. The first-order valence-electron chi connectivity index (χ1n) is 5.95. The van der Waals surface area contributed by atoms with Crippen molar-refractivity contribution in [2.24, 2.45) is 0 Å². The molecule has 0 saturated carbocycles. The van der Waals surface area contributed by atoms with Crippen molar-refractivity contribution in [1.29, 1.82) is 0 Å². The Labute approximate surface area is 116 Å². The van der Waals surface area contributed by atoms with Crippen LogP contribution in [0, 0.1) is 0 Å². The first-order valence-corrected chi connectivity index (χ1v) is 5.95. The Morgan fingerprint density at radius 2 is 1.50 bits per heavy atom. The van der Waals surface area contributed by atoms with Crippen molar-refractivity contribution in [3.63, 3.8) is 0 Å². The predicted octanol–water partition coefficient (Wildman–Crippen LogP) is -1.57. The molecule has 0 bridgehead atoms. The lowest BCUT2D eigenvalue weighted by Gasteiger charge is -2.07. The number of aliphatic carboxylic acids is 2. The van der Waals surface area contributed by atoms with Crippen molar-refractivity contribution >= 4 is 17.9 Å². The molecule has 2 unspecified atom stereocenters. The Morgan fingerprint density at radius 3 is 1.80 bits per heavy atom. The number of aliphatic hydroxyl groups excluding tert-OH is 2. The second-order valence-corrected chi connectivity index (χ2v) is 3.47. The zero-order valence-electron chi connectivity index (χ0n) is 11.4. The molecule has 0 aliphatic carbocycles. The third kappa shape index (κ3) is 11.4. The second-order valence-electron chi connectivity index (χ2n) is 3.47. The van der Waals surface area contributed by atoms with Crippen molar-refractivity contribution in [2.75, 3.05) is 19.7 Å². The molecule has 5 N–H and O–H groups in total. The van der Waals surface area contributed by atoms with Gasteiger partial charge in [0.1, 0.15) is 0 Å². The number of esters is 1. The number of carbonyl (C=O) groups excluding carboxylic acids is 1. The van der Waals surface area contributed by atoms with Gasteiger partial charge in [-0.2, -0.15) is 0 Å². The minimum atomic E-state index is -2.27. The maximum Gasteiger partial charge on any atom is 0.335 e. The summed E-state index contributed by atoms with van der Waals surface area (Å²) in [5, 5.41) is 35.6. The minimum Gasteiger partial charge on any atom is -0.479 e. The van der Waals surface area contributed by atoms with Crippen molar-refractivity contribution < 1.29 is 39.5 Å². The molecule has 20 heavy (non-hydrogen) atoms. The Hall–Kier alpha value is -1.71. The Balaban J connectivity index is 0. The van der Waals surface area contributed by atoms with Crippen LogP contribution >= 0.6 is 0 Å². The van der Waals surface area contributed by atoms with Crippen LogP contribution in [0.15, 0.2) is 0 Å². The Kier molecular flexibility index (Phi) is 12.7. The highest BCUT2D eigenvalue weighted by Crippen LogP contribution is 1.92. The summed E-state index contributed by atoms with van der Waals surface area (Å²) in [7, 11) is 0. The highest BCUT2D eigenvalue weighted by atomic mass is 16.5. The van der Waals surface area contributed by atoms with Gasteiger partial charge in [0.05, 0.1) is 13.0 Å². The average Bonchev–Trinajstić information content (AvgIpc) is 2.38. The smallest absolute Gasteiger partial charge is 0.335 e. The van der Waals surface area contributed by atoms with Crippen LogP contribution in [0.2, 0.25) is 0 Å². The summed E-state index contributed by atoms with van der Waals surface area (Å²) in [6, 6.07) is 0. The molecule has 0 aromatic heterocycles. The molecular weight excluding hydrogens is 274 g/mol. The highest BCUT2D eigenvalue weighted by Gasteiger charge is 2.29.